The van der Waals surface area contributed by atoms with E-state index < -0.39 is 52.7 Å². The second-order valence-corrected chi connectivity index (χ2v) is 5.52. The Morgan fingerprint density at radius 2 is 1.78 bits per heavy atom. The van der Waals surface area contributed by atoms with Gasteiger partial charge in [-0.15, -0.1) is 0 Å². The molecule has 10 heteroatoms. The van der Waals surface area contributed by atoms with E-state index in [0.717, 1.165) is 6.08 Å². The van der Waals surface area contributed by atoms with Gasteiger partial charge in [-0.2, -0.15) is 0 Å². The summed E-state index contributed by atoms with van der Waals surface area (Å²) in [4.78, 5) is 23.8. The van der Waals surface area contributed by atoms with Crippen molar-refractivity contribution in [3.05, 3.63) is 71.0 Å². The fourth-order valence-corrected chi connectivity index (χ4v) is 2.47. The first kappa shape index (κ1) is 18.2. The van der Waals surface area contributed by atoms with Crippen LogP contribution in [0.1, 0.15) is 11.6 Å². The molecule has 0 aromatic heterocycles. The van der Waals surface area contributed by atoms with Crippen molar-refractivity contribution >= 4 is 23.3 Å². The summed E-state index contributed by atoms with van der Waals surface area (Å²) >= 11 is 0. The molecule has 140 valence electrons. The molecule has 0 radical (unpaired) electrons. The molecule has 1 aliphatic rings. The second kappa shape index (κ2) is 6.98. The van der Waals surface area contributed by atoms with Crippen LogP contribution in [0.5, 0.6) is 0 Å². The molecule has 0 saturated heterocycles. The number of hydrogen-bond donors (Lipinski definition) is 4. The van der Waals surface area contributed by atoms with Gasteiger partial charge in [0.1, 0.15) is 0 Å². The standard InChI is InChI=1S/C17H11F4N3O3/c18-8-5-11(14(20)15(21)13(8)19)24-17(27)23-10-6-12(25)16(26)22-9-4-2-1-3-7(9)10/h1-6,10,25H,(H,22,26)(H2,23,24,27). The van der Waals surface area contributed by atoms with Crippen LogP contribution in [0.4, 0.5) is 33.7 Å². The third-order valence-electron chi connectivity index (χ3n) is 3.74. The van der Waals surface area contributed by atoms with Gasteiger partial charge in [-0.1, -0.05) is 18.2 Å². The molecule has 1 atom stereocenters. The monoisotopic (exact) mass is 381 g/mol. The molecule has 1 aliphatic heterocycles. The Hall–Kier alpha value is -3.56. The van der Waals surface area contributed by atoms with Gasteiger partial charge in [-0.3, -0.25) is 4.79 Å². The minimum absolute atomic E-state index is 0.284. The Morgan fingerprint density at radius 1 is 1.07 bits per heavy atom. The maximum atomic E-state index is 13.7. The fourth-order valence-electron chi connectivity index (χ4n) is 2.47. The van der Waals surface area contributed by atoms with Gasteiger partial charge in [0.25, 0.3) is 5.91 Å². The largest absolute Gasteiger partial charge is 0.503 e. The summed E-state index contributed by atoms with van der Waals surface area (Å²) in [5.41, 5.74) is -0.228. The van der Waals surface area contributed by atoms with Crippen LogP contribution in [0.15, 0.2) is 42.2 Å². The zero-order valence-corrected chi connectivity index (χ0v) is 13.3. The highest BCUT2D eigenvalue weighted by Crippen LogP contribution is 2.28. The number of urea groups is 1. The van der Waals surface area contributed by atoms with E-state index in [-0.39, 0.29) is 6.07 Å². The third-order valence-corrected chi connectivity index (χ3v) is 3.74. The van der Waals surface area contributed by atoms with E-state index in [1.807, 2.05) is 5.32 Å². The normalized spacial score (nSPS) is 15.9. The van der Waals surface area contributed by atoms with Crippen LogP contribution >= 0.6 is 0 Å². The van der Waals surface area contributed by atoms with Gasteiger partial charge >= 0.3 is 6.03 Å². The zero-order chi connectivity index (χ0) is 19.7. The van der Waals surface area contributed by atoms with Crippen LogP contribution in [0.25, 0.3) is 0 Å². The maximum Gasteiger partial charge on any atom is 0.320 e. The van der Waals surface area contributed by atoms with Crippen molar-refractivity contribution < 1.29 is 32.3 Å². The number of benzene rings is 2. The highest BCUT2D eigenvalue weighted by Gasteiger charge is 2.25. The van der Waals surface area contributed by atoms with Gasteiger partial charge in [-0.25, -0.2) is 22.4 Å². The molecule has 2 aromatic rings. The van der Waals surface area contributed by atoms with E-state index in [1.165, 1.54) is 6.07 Å². The Bertz CT molecular complexity index is 978. The highest BCUT2D eigenvalue weighted by atomic mass is 19.2. The number of anilines is 2. The summed E-state index contributed by atoms with van der Waals surface area (Å²) < 4.78 is 53.1. The summed E-state index contributed by atoms with van der Waals surface area (Å²) in [7, 11) is 0. The minimum Gasteiger partial charge on any atom is -0.503 e. The van der Waals surface area contributed by atoms with Gasteiger partial charge < -0.3 is 21.1 Å². The quantitative estimate of drug-likeness (QED) is 0.365. The van der Waals surface area contributed by atoms with Crippen molar-refractivity contribution in [2.24, 2.45) is 0 Å². The number of rotatable bonds is 2. The predicted octanol–water partition coefficient (Wildman–Crippen LogP) is 3.50. The lowest BCUT2D eigenvalue weighted by atomic mass is 10.1. The Balaban J connectivity index is 1.87. The molecule has 6 nitrogen and oxygen atoms in total. The number of para-hydroxylation sites is 1. The van der Waals surface area contributed by atoms with Crippen LogP contribution < -0.4 is 16.0 Å². The zero-order valence-electron chi connectivity index (χ0n) is 13.3. The molecule has 0 fully saturated rings. The van der Waals surface area contributed by atoms with Crippen molar-refractivity contribution in [1.82, 2.24) is 5.32 Å². The molecule has 3 rings (SSSR count). The molecule has 2 aromatic carbocycles. The smallest absolute Gasteiger partial charge is 0.320 e. The van der Waals surface area contributed by atoms with E-state index in [0.29, 0.717) is 11.3 Å². The van der Waals surface area contributed by atoms with Gasteiger partial charge in [0.05, 0.1) is 11.7 Å². The highest BCUT2D eigenvalue weighted by molar-refractivity contribution is 6.03. The lowest BCUT2D eigenvalue weighted by molar-refractivity contribution is -0.115. The lowest BCUT2D eigenvalue weighted by Crippen LogP contribution is -2.32. The summed E-state index contributed by atoms with van der Waals surface area (Å²) in [6.07, 6.45) is 1.03. The number of amides is 3. The van der Waals surface area contributed by atoms with Gasteiger partial charge in [0.2, 0.25) is 0 Å². The summed E-state index contributed by atoms with van der Waals surface area (Å²) in [6.45, 7) is 0. The lowest BCUT2D eigenvalue weighted by Gasteiger charge is -2.17. The molecule has 0 aliphatic carbocycles. The van der Waals surface area contributed by atoms with E-state index in [4.69, 9.17) is 0 Å². The number of fused-ring (bicyclic) bond motifs is 1. The molecular formula is C17H11F4N3O3. The van der Waals surface area contributed by atoms with Crippen LogP contribution in [-0.2, 0) is 4.79 Å². The number of hydrogen-bond acceptors (Lipinski definition) is 3. The SMILES string of the molecule is O=C(Nc1cc(F)c(F)c(F)c1F)NC1C=C(O)C(=O)Nc2ccccc21. The topological polar surface area (TPSA) is 90.5 Å². The van der Waals surface area contributed by atoms with Crippen molar-refractivity contribution in [1.29, 1.82) is 0 Å². The molecule has 0 saturated carbocycles. The average Bonchev–Trinajstić information content (AvgIpc) is 2.75. The van der Waals surface area contributed by atoms with Crippen LogP contribution in [0.3, 0.4) is 0 Å². The van der Waals surface area contributed by atoms with Crippen LogP contribution in [0, 0.1) is 23.3 Å². The first-order chi connectivity index (χ1) is 12.8. The molecule has 27 heavy (non-hydrogen) atoms. The summed E-state index contributed by atoms with van der Waals surface area (Å²) in [5, 5.41) is 16.3. The molecule has 0 bridgehead atoms. The van der Waals surface area contributed by atoms with E-state index in [2.05, 4.69) is 10.6 Å². The van der Waals surface area contributed by atoms with Crippen molar-refractivity contribution in [3.8, 4) is 0 Å². The molecule has 0 spiro atoms. The number of carbonyl (C=O) groups excluding carboxylic acids is 2. The fraction of sp³-hybridized carbons (Fsp3) is 0.0588. The summed E-state index contributed by atoms with van der Waals surface area (Å²) in [5.74, 6) is -9.02. The van der Waals surface area contributed by atoms with Gasteiger partial charge in [-0.05, 0) is 12.1 Å². The number of halogens is 4. The molecule has 1 unspecified atom stereocenters. The predicted molar refractivity (Wildman–Crippen MR) is 87.0 cm³/mol. The van der Waals surface area contributed by atoms with Crippen molar-refractivity contribution in [2.75, 3.05) is 10.6 Å². The Morgan fingerprint density at radius 3 is 2.52 bits per heavy atom. The van der Waals surface area contributed by atoms with E-state index in [9.17, 15) is 32.3 Å². The Kier molecular flexibility index (Phi) is 4.72. The van der Waals surface area contributed by atoms with E-state index in [1.54, 1.807) is 18.2 Å². The number of aliphatic hydroxyl groups is 1. The number of carbonyl (C=O) groups is 2. The average molecular weight is 381 g/mol. The molecule has 3 amide bonds. The van der Waals surface area contributed by atoms with Crippen LogP contribution in [0.2, 0.25) is 0 Å². The Labute approximate surface area is 149 Å². The van der Waals surface area contributed by atoms with E-state index >= 15 is 0 Å². The third kappa shape index (κ3) is 3.54. The van der Waals surface area contributed by atoms with Gasteiger partial charge in [0, 0.05) is 17.3 Å². The number of aliphatic hydroxyl groups excluding tert-OH is 1. The molecule has 4 N–H and O–H groups in total. The number of nitrogens with one attached hydrogen (secondary N) is 3. The maximum absolute atomic E-state index is 13.7. The minimum atomic E-state index is -2.07. The first-order valence-electron chi connectivity index (χ1n) is 7.49. The second-order valence-electron chi connectivity index (χ2n) is 5.52. The molecule has 1 heterocycles. The molecular weight excluding hydrogens is 370 g/mol. The summed E-state index contributed by atoms with van der Waals surface area (Å²) in [6, 6.07) is 4.43. The first-order valence-corrected chi connectivity index (χ1v) is 7.49. The van der Waals surface area contributed by atoms with Crippen molar-refractivity contribution in [2.45, 2.75) is 6.04 Å². The van der Waals surface area contributed by atoms with Crippen molar-refractivity contribution in [3.63, 3.8) is 0 Å². The van der Waals surface area contributed by atoms with Crippen LogP contribution in [-0.4, -0.2) is 17.0 Å². The van der Waals surface area contributed by atoms with Gasteiger partial charge in [0.15, 0.2) is 29.0 Å².